The molecule has 0 bridgehead atoms. The van der Waals surface area contributed by atoms with Crippen LogP contribution in [0.5, 0.6) is 0 Å². The second-order valence-electron chi connectivity index (χ2n) is 6.22. The van der Waals surface area contributed by atoms with E-state index in [1.54, 1.807) is 6.08 Å². The number of aliphatic hydroxyl groups excluding tert-OH is 1. The number of aliphatic hydroxyl groups is 1. The molecule has 0 amide bonds. The zero-order valence-electron chi connectivity index (χ0n) is 14.6. The Morgan fingerprint density at radius 3 is 1.80 bits per heavy atom. The predicted molar refractivity (Wildman–Crippen MR) is 87.1 cm³/mol. The van der Waals surface area contributed by atoms with Crippen molar-refractivity contribution in [1.82, 2.24) is 0 Å². The summed E-state index contributed by atoms with van der Waals surface area (Å²) in [7, 11) is 0. The molecule has 1 nitrogen and oxygen atoms in total. The zero-order chi connectivity index (χ0) is 19.3. The summed E-state index contributed by atoms with van der Waals surface area (Å²) in [6.45, 7) is 1.91. The molecule has 0 spiro atoms. The summed E-state index contributed by atoms with van der Waals surface area (Å²) in [5.74, 6) is -3.20. The van der Waals surface area contributed by atoms with Crippen LogP contribution in [0.25, 0.3) is 0 Å². The minimum atomic E-state index is -5.21. The van der Waals surface area contributed by atoms with Crippen LogP contribution < -0.4 is 0 Å². The lowest BCUT2D eigenvalue weighted by Crippen LogP contribution is -2.36. The molecule has 0 aliphatic heterocycles. The predicted octanol–water partition coefficient (Wildman–Crippen LogP) is 6.73. The van der Waals surface area contributed by atoms with E-state index in [-0.39, 0.29) is 13.0 Å². The molecular formula is C18H28F6O. The molecule has 0 aromatic rings. The summed E-state index contributed by atoms with van der Waals surface area (Å²) in [5.41, 5.74) is 0.999. The highest BCUT2D eigenvalue weighted by molar-refractivity contribution is 5.15. The molecule has 0 rings (SSSR count). The maximum atomic E-state index is 12.3. The van der Waals surface area contributed by atoms with Gasteiger partial charge in [-0.1, -0.05) is 62.3 Å². The third-order valence-corrected chi connectivity index (χ3v) is 3.95. The molecule has 0 saturated heterocycles. The fourth-order valence-electron chi connectivity index (χ4n) is 2.49. The average molecular weight is 374 g/mol. The molecule has 0 aliphatic carbocycles. The first-order valence-corrected chi connectivity index (χ1v) is 8.66. The summed E-state index contributed by atoms with van der Waals surface area (Å²) in [4.78, 5) is 0. The van der Waals surface area contributed by atoms with Crippen molar-refractivity contribution >= 4 is 0 Å². The SMILES string of the molecule is CC(C=CCCCCCCCCCC(C(F)(F)F)C(F)(F)F)=CCO. The number of alkyl halides is 6. The Labute approximate surface area is 145 Å². The van der Waals surface area contributed by atoms with Crippen molar-refractivity contribution in [3.8, 4) is 0 Å². The van der Waals surface area contributed by atoms with E-state index < -0.39 is 24.7 Å². The molecule has 25 heavy (non-hydrogen) atoms. The fraction of sp³-hybridized carbons (Fsp3) is 0.778. The monoisotopic (exact) mass is 374 g/mol. The van der Waals surface area contributed by atoms with Crippen LogP contribution in [0.3, 0.4) is 0 Å². The van der Waals surface area contributed by atoms with Crippen LogP contribution in [-0.4, -0.2) is 24.1 Å². The standard InChI is InChI=1S/C18H28F6O/c1-15(13-14-25)11-9-7-5-3-2-4-6-8-10-12-16(17(19,20)21)18(22,23)24/h9,11,13,16,25H,2-8,10,12,14H2,1H3. The second kappa shape index (κ2) is 12.4. The van der Waals surface area contributed by atoms with Gasteiger partial charge >= 0.3 is 12.4 Å². The highest BCUT2D eigenvalue weighted by Gasteiger charge is 2.55. The Kier molecular flexibility index (Phi) is 11.9. The zero-order valence-corrected chi connectivity index (χ0v) is 14.6. The first kappa shape index (κ1) is 24.0. The van der Waals surface area contributed by atoms with Crippen LogP contribution in [0.1, 0.15) is 64.7 Å². The van der Waals surface area contributed by atoms with Crippen molar-refractivity contribution < 1.29 is 31.4 Å². The number of halogens is 6. The highest BCUT2D eigenvalue weighted by atomic mass is 19.4. The first-order chi connectivity index (χ1) is 11.6. The Morgan fingerprint density at radius 1 is 0.840 bits per heavy atom. The van der Waals surface area contributed by atoms with Gasteiger partial charge in [0.15, 0.2) is 5.92 Å². The van der Waals surface area contributed by atoms with Crippen molar-refractivity contribution in [2.45, 2.75) is 77.1 Å². The van der Waals surface area contributed by atoms with Crippen molar-refractivity contribution in [3.05, 3.63) is 23.8 Å². The second-order valence-corrected chi connectivity index (χ2v) is 6.22. The molecule has 0 radical (unpaired) electrons. The number of hydrogen-bond acceptors (Lipinski definition) is 1. The van der Waals surface area contributed by atoms with Gasteiger partial charge in [0.25, 0.3) is 0 Å². The molecular weight excluding hydrogens is 346 g/mol. The van der Waals surface area contributed by atoms with Gasteiger partial charge in [-0.15, -0.1) is 0 Å². The molecule has 0 fully saturated rings. The molecule has 0 aromatic carbocycles. The van der Waals surface area contributed by atoms with Gasteiger partial charge in [0.05, 0.1) is 6.61 Å². The molecule has 0 atom stereocenters. The molecule has 0 aliphatic rings. The lowest BCUT2D eigenvalue weighted by atomic mass is 9.99. The first-order valence-electron chi connectivity index (χ1n) is 8.66. The topological polar surface area (TPSA) is 20.2 Å². The Hall–Kier alpha value is -0.980. The van der Waals surface area contributed by atoms with Gasteiger partial charge in [-0.3, -0.25) is 0 Å². The van der Waals surface area contributed by atoms with E-state index in [1.807, 2.05) is 19.1 Å². The maximum absolute atomic E-state index is 12.3. The third kappa shape index (κ3) is 13.0. The van der Waals surface area contributed by atoms with Crippen LogP contribution in [0.15, 0.2) is 23.8 Å². The van der Waals surface area contributed by atoms with E-state index in [2.05, 4.69) is 0 Å². The number of rotatable bonds is 12. The smallest absolute Gasteiger partial charge is 0.392 e. The quantitative estimate of drug-likeness (QED) is 0.228. The Balaban J connectivity index is 3.69. The number of allylic oxidation sites excluding steroid dienone is 3. The van der Waals surface area contributed by atoms with Gasteiger partial charge in [0, 0.05) is 0 Å². The fourth-order valence-corrected chi connectivity index (χ4v) is 2.49. The molecule has 0 heterocycles. The van der Waals surface area contributed by atoms with Crippen LogP contribution >= 0.6 is 0 Å². The lowest BCUT2D eigenvalue weighted by Gasteiger charge is -2.22. The third-order valence-electron chi connectivity index (χ3n) is 3.95. The van der Waals surface area contributed by atoms with Crippen molar-refractivity contribution in [2.75, 3.05) is 6.61 Å². The van der Waals surface area contributed by atoms with E-state index in [0.717, 1.165) is 37.7 Å². The van der Waals surface area contributed by atoms with E-state index >= 15 is 0 Å². The average Bonchev–Trinajstić information content (AvgIpc) is 2.46. The number of unbranched alkanes of at least 4 members (excludes halogenated alkanes) is 7. The molecule has 148 valence electrons. The summed E-state index contributed by atoms with van der Waals surface area (Å²) in [6, 6.07) is 0. The van der Waals surface area contributed by atoms with Crippen molar-refractivity contribution in [1.29, 1.82) is 0 Å². The molecule has 1 N–H and O–H groups in total. The van der Waals surface area contributed by atoms with E-state index in [1.165, 1.54) is 0 Å². The molecule has 7 heteroatoms. The lowest BCUT2D eigenvalue weighted by molar-refractivity contribution is -0.285. The highest BCUT2D eigenvalue weighted by Crippen LogP contribution is 2.42. The van der Waals surface area contributed by atoms with Gasteiger partial charge in [-0.05, 0) is 26.2 Å². The van der Waals surface area contributed by atoms with Crippen LogP contribution in [0.2, 0.25) is 0 Å². The van der Waals surface area contributed by atoms with Crippen molar-refractivity contribution in [3.63, 3.8) is 0 Å². The Morgan fingerprint density at radius 2 is 1.32 bits per heavy atom. The van der Waals surface area contributed by atoms with E-state index in [0.29, 0.717) is 12.8 Å². The van der Waals surface area contributed by atoms with Crippen LogP contribution in [-0.2, 0) is 0 Å². The molecule has 0 saturated carbocycles. The molecule has 0 aromatic heterocycles. The summed E-state index contributed by atoms with van der Waals surface area (Å²) in [6.07, 6.45) is 0.0295. The molecule has 0 unspecified atom stereocenters. The Bertz CT molecular complexity index is 381. The van der Waals surface area contributed by atoms with Gasteiger partial charge in [0.1, 0.15) is 0 Å². The number of hydrogen-bond donors (Lipinski definition) is 1. The normalized spacial score (nSPS) is 14.0. The summed E-state index contributed by atoms with van der Waals surface area (Å²) >= 11 is 0. The minimum absolute atomic E-state index is 0.0167. The van der Waals surface area contributed by atoms with Crippen LogP contribution in [0, 0.1) is 5.92 Å². The van der Waals surface area contributed by atoms with Crippen molar-refractivity contribution in [2.24, 2.45) is 5.92 Å². The van der Waals surface area contributed by atoms with E-state index in [4.69, 9.17) is 5.11 Å². The van der Waals surface area contributed by atoms with E-state index in [9.17, 15) is 26.3 Å². The minimum Gasteiger partial charge on any atom is -0.392 e. The summed E-state index contributed by atoms with van der Waals surface area (Å²) in [5, 5.41) is 8.69. The maximum Gasteiger partial charge on any atom is 0.400 e. The van der Waals surface area contributed by atoms with Crippen LogP contribution in [0.4, 0.5) is 26.3 Å². The summed E-state index contributed by atoms with van der Waals surface area (Å²) < 4.78 is 74.1. The largest absolute Gasteiger partial charge is 0.400 e. The van der Waals surface area contributed by atoms with Gasteiger partial charge in [-0.25, -0.2) is 0 Å². The van der Waals surface area contributed by atoms with Gasteiger partial charge in [-0.2, -0.15) is 26.3 Å². The van der Waals surface area contributed by atoms with Gasteiger partial charge in [0.2, 0.25) is 0 Å². The van der Waals surface area contributed by atoms with Gasteiger partial charge < -0.3 is 5.11 Å².